The predicted octanol–water partition coefficient (Wildman–Crippen LogP) is 5.48. The molecule has 0 aliphatic rings. The number of ether oxygens (including phenoxy) is 1. The minimum atomic E-state index is -4.54. The van der Waals surface area contributed by atoms with E-state index in [0.29, 0.717) is 18.7 Å². The van der Waals surface area contributed by atoms with Crippen LogP contribution in [0.1, 0.15) is 36.8 Å². The van der Waals surface area contributed by atoms with Crippen molar-refractivity contribution in [3.8, 4) is 0 Å². The number of hydrogen-bond donors (Lipinski definition) is 1. The second kappa shape index (κ2) is 7.90. The number of alkyl halides is 4. The normalized spacial score (nSPS) is 13.0. The molecule has 21 heavy (non-hydrogen) atoms. The van der Waals surface area contributed by atoms with E-state index in [2.05, 4.69) is 0 Å². The van der Waals surface area contributed by atoms with Crippen LogP contribution in [0.3, 0.4) is 0 Å². The molecule has 0 aliphatic carbocycles. The van der Waals surface area contributed by atoms with Gasteiger partial charge in [-0.15, -0.1) is 11.6 Å². The van der Waals surface area contributed by atoms with Gasteiger partial charge < -0.3 is 4.74 Å². The second-order valence-corrected chi connectivity index (χ2v) is 5.22. The number of halogens is 5. The van der Waals surface area contributed by atoms with Crippen molar-refractivity contribution in [2.45, 2.75) is 31.9 Å². The van der Waals surface area contributed by atoms with Gasteiger partial charge in [0.15, 0.2) is 5.90 Å². The van der Waals surface area contributed by atoms with Gasteiger partial charge in [0.25, 0.3) is 0 Å². The summed E-state index contributed by atoms with van der Waals surface area (Å²) in [6, 6.07) is 3.57. The standard InChI is InChI=1S/C14H16Cl2F3NO/c1-2-21-13(20)11(4-3-7-15)10-6-5-9(16)8-12(10)14(17,18)19/h5-6,8,11,20H,2-4,7H2,1H3. The van der Waals surface area contributed by atoms with Crippen molar-refractivity contribution in [3.63, 3.8) is 0 Å². The van der Waals surface area contributed by atoms with Gasteiger partial charge in [0.1, 0.15) is 0 Å². The number of rotatable bonds is 6. The van der Waals surface area contributed by atoms with E-state index in [0.717, 1.165) is 6.07 Å². The van der Waals surface area contributed by atoms with Crippen molar-refractivity contribution in [1.82, 2.24) is 0 Å². The van der Waals surface area contributed by atoms with Gasteiger partial charge >= 0.3 is 6.18 Å². The topological polar surface area (TPSA) is 33.1 Å². The molecule has 118 valence electrons. The van der Waals surface area contributed by atoms with Crippen LogP contribution in [0, 0.1) is 5.41 Å². The highest BCUT2D eigenvalue weighted by molar-refractivity contribution is 6.30. The SMILES string of the molecule is CCOC(=N)C(CCCCl)c1ccc(Cl)cc1C(F)(F)F. The first-order valence-corrected chi connectivity index (χ1v) is 7.36. The van der Waals surface area contributed by atoms with E-state index in [1.54, 1.807) is 6.92 Å². The monoisotopic (exact) mass is 341 g/mol. The third-order valence-corrected chi connectivity index (χ3v) is 3.44. The van der Waals surface area contributed by atoms with Gasteiger partial charge in [0.05, 0.1) is 18.1 Å². The van der Waals surface area contributed by atoms with Crippen molar-refractivity contribution < 1.29 is 17.9 Å². The van der Waals surface area contributed by atoms with Gasteiger partial charge in [-0.2, -0.15) is 13.2 Å². The van der Waals surface area contributed by atoms with Crippen molar-refractivity contribution in [1.29, 1.82) is 5.41 Å². The molecule has 1 aromatic carbocycles. The van der Waals surface area contributed by atoms with E-state index in [1.165, 1.54) is 12.1 Å². The van der Waals surface area contributed by atoms with Crippen LogP contribution in [0.5, 0.6) is 0 Å². The number of hydrogen-bond acceptors (Lipinski definition) is 2. The average molecular weight is 342 g/mol. The summed E-state index contributed by atoms with van der Waals surface area (Å²) in [7, 11) is 0. The molecule has 2 nitrogen and oxygen atoms in total. The summed E-state index contributed by atoms with van der Waals surface area (Å²) in [5.41, 5.74) is -0.838. The minimum absolute atomic E-state index is 0.00420. The largest absolute Gasteiger partial charge is 0.481 e. The van der Waals surface area contributed by atoms with Crippen LogP contribution in [0.4, 0.5) is 13.2 Å². The summed E-state index contributed by atoms with van der Waals surface area (Å²) < 4.78 is 44.6. The summed E-state index contributed by atoms with van der Waals surface area (Å²) in [4.78, 5) is 0. The Labute approximate surface area is 131 Å². The maximum absolute atomic E-state index is 13.2. The molecule has 0 saturated heterocycles. The Bertz CT molecular complexity index is 492. The van der Waals surface area contributed by atoms with E-state index in [9.17, 15) is 13.2 Å². The fourth-order valence-corrected chi connectivity index (χ4v) is 2.37. The van der Waals surface area contributed by atoms with Gasteiger partial charge in [0.2, 0.25) is 0 Å². The van der Waals surface area contributed by atoms with Crippen LogP contribution in [0.15, 0.2) is 18.2 Å². The Kier molecular flexibility index (Phi) is 6.81. The first-order valence-electron chi connectivity index (χ1n) is 6.45. The molecule has 0 saturated carbocycles. The molecule has 0 amide bonds. The minimum Gasteiger partial charge on any atom is -0.481 e. The quantitative estimate of drug-likeness (QED) is 0.415. The van der Waals surface area contributed by atoms with Crippen molar-refractivity contribution in [2.24, 2.45) is 0 Å². The number of nitrogens with one attached hydrogen (secondary N) is 1. The van der Waals surface area contributed by atoms with Crippen LogP contribution in [0.25, 0.3) is 0 Å². The van der Waals surface area contributed by atoms with Crippen molar-refractivity contribution >= 4 is 29.1 Å². The van der Waals surface area contributed by atoms with Crippen LogP contribution in [-0.4, -0.2) is 18.4 Å². The zero-order valence-electron chi connectivity index (χ0n) is 11.4. The fourth-order valence-electron chi connectivity index (χ4n) is 2.04. The van der Waals surface area contributed by atoms with Crippen molar-refractivity contribution in [2.75, 3.05) is 12.5 Å². The Morgan fingerprint density at radius 3 is 2.57 bits per heavy atom. The molecule has 1 aromatic rings. The summed E-state index contributed by atoms with van der Waals surface area (Å²) in [5.74, 6) is -0.654. The molecule has 0 bridgehead atoms. The van der Waals surface area contributed by atoms with Crippen LogP contribution < -0.4 is 0 Å². The summed E-state index contributed by atoms with van der Waals surface area (Å²) in [5, 5.41) is 7.86. The van der Waals surface area contributed by atoms with Crippen LogP contribution >= 0.6 is 23.2 Å². The summed E-state index contributed by atoms with van der Waals surface area (Å²) in [6.45, 7) is 1.91. The Hall–Kier alpha value is -0.940. The Morgan fingerprint density at radius 2 is 2.05 bits per heavy atom. The molecular formula is C14H16Cl2F3NO. The predicted molar refractivity (Wildman–Crippen MR) is 78.5 cm³/mol. The van der Waals surface area contributed by atoms with Gasteiger partial charge in [-0.1, -0.05) is 17.7 Å². The summed E-state index contributed by atoms with van der Waals surface area (Å²) in [6.07, 6.45) is -3.74. The highest BCUT2D eigenvalue weighted by Crippen LogP contribution is 2.38. The van der Waals surface area contributed by atoms with E-state index >= 15 is 0 Å². The molecule has 1 rings (SSSR count). The highest BCUT2D eigenvalue weighted by atomic mass is 35.5. The lowest BCUT2D eigenvalue weighted by molar-refractivity contribution is -0.138. The molecule has 0 spiro atoms. The number of benzene rings is 1. The first-order chi connectivity index (χ1) is 9.81. The van der Waals surface area contributed by atoms with Crippen molar-refractivity contribution in [3.05, 3.63) is 34.3 Å². The van der Waals surface area contributed by atoms with E-state index in [-0.39, 0.29) is 23.1 Å². The molecule has 0 aliphatic heterocycles. The van der Waals surface area contributed by atoms with Gasteiger partial charge in [-0.05, 0) is 37.5 Å². The molecule has 1 unspecified atom stereocenters. The highest BCUT2D eigenvalue weighted by Gasteiger charge is 2.36. The molecule has 1 N–H and O–H groups in total. The molecule has 0 aromatic heterocycles. The lowest BCUT2D eigenvalue weighted by atomic mass is 9.90. The molecule has 0 radical (unpaired) electrons. The maximum Gasteiger partial charge on any atom is 0.416 e. The third kappa shape index (κ3) is 5.08. The van der Waals surface area contributed by atoms with Gasteiger partial charge in [0, 0.05) is 10.9 Å². The summed E-state index contributed by atoms with van der Waals surface area (Å²) >= 11 is 11.3. The molecular weight excluding hydrogens is 326 g/mol. The van der Waals surface area contributed by atoms with E-state index in [1.807, 2.05) is 0 Å². The average Bonchev–Trinajstić information content (AvgIpc) is 2.39. The van der Waals surface area contributed by atoms with E-state index in [4.69, 9.17) is 33.3 Å². The lowest BCUT2D eigenvalue weighted by Gasteiger charge is -2.22. The first kappa shape index (κ1) is 18.1. The Morgan fingerprint density at radius 1 is 1.38 bits per heavy atom. The molecule has 0 fully saturated rings. The zero-order valence-corrected chi connectivity index (χ0v) is 12.9. The van der Waals surface area contributed by atoms with E-state index < -0.39 is 17.7 Å². The molecule has 0 heterocycles. The Balaban J connectivity index is 3.26. The molecule has 1 atom stereocenters. The fraction of sp³-hybridized carbons (Fsp3) is 0.500. The smallest absolute Gasteiger partial charge is 0.416 e. The third-order valence-electron chi connectivity index (χ3n) is 2.94. The zero-order chi connectivity index (χ0) is 16.0. The maximum atomic E-state index is 13.2. The van der Waals surface area contributed by atoms with Crippen LogP contribution in [-0.2, 0) is 10.9 Å². The molecule has 7 heteroatoms. The lowest BCUT2D eigenvalue weighted by Crippen LogP contribution is -2.20. The van der Waals surface area contributed by atoms with Gasteiger partial charge in [-0.3, -0.25) is 5.41 Å². The second-order valence-electron chi connectivity index (χ2n) is 4.41. The van der Waals surface area contributed by atoms with Gasteiger partial charge in [-0.25, -0.2) is 0 Å². The van der Waals surface area contributed by atoms with Crippen LogP contribution in [0.2, 0.25) is 5.02 Å².